The molecule has 1 saturated heterocycles. The van der Waals surface area contributed by atoms with E-state index in [0.717, 1.165) is 36.5 Å². The summed E-state index contributed by atoms with van der Waals surface area (Å²) in [6, 6.07) is 11.6. The van der Waals surface area contributed by atoms with Gasteiger partial charge in [0, 0.05) is 32.3 Å². The number of amides is 1. The normalized spacial score (nSPS) is 14.1. The van der Waals surface area contributed by atoms with Gasteiger partial charge in [0.1, 0.15) is 17.4 Å². The minimum absolute atomic E-state index is 0.0356. The molecule has 160 valence electrons. The summed E-state index contributed by atoms with van der Waals surface area (Å²) in [5.74, 6) is 1.66. The van der Waals surface area contributed by atoms with Crippen molar-refractivity contribution in [1.82, 2.24) is 10.3 Å². The highest BCUT2D eigenvalue weighted by Gasteiger charge is 2.11. The van der Waals surface area contributed by atoms with Crippen LogP contribution in [0.15, 0.2) is 42.6 Å². The number of pyridine rings is 1. The van der Waals surface area contributed by atoms with Crippen LogP contribution in [0.5, 0.6) is 5.75 Å². The molecule has 0 aliphatic carbocycles. The largest absolute Gasteiger partial charge is 0.484 e. The molecule has 0 spiro atoms. The molecule has 1 N–H and O–H groups in total. The number of rotatable bonds is 9. The van der Waals surface area contributed by atoms with E-state index in [0.29, 0.717) is 18.7 Å². The molecule has 2 heterocycles. The molecule has 0 atom stereocenters. The van der Waals surface area contributed by atoms with E-state index in [4.69, 9.17) is 4.74 Å². The molecule has 0 saturated carbocycles. The van der Waals surface area contributed by atoms with Crippen molar-refractivity contribution in [3.63, 3.8) is 0 Å². The Hall–Kier alpha value is -2.89. The summed E-state index contributed by atoms with van der Waals surface area (Å²) < 4.78 is 5.55. The zero-order valence-corrected chi connectivity index (χ0v) is 17.7. The van der Waals surface area contributed by atoms with Crippen molar-refractivity contribution >= 4 is 17.5 Å². The number of aryl methyl sites for hydroxylation is 1. The van der Waals surface area contributed by atoms with Crippen LogP contribution in [0.25, 0.3) is 0 Å². The predicted octanol–water partition coefficient (Wildman–Crippen LogP) is 3.68. The van der Waals surface area contributed by atoms with Gasteiger partial charge in [-0.15, -0.1) is 0 Å². The zero-order valence-electron chi connectivity index (χ0n) is 17.7. The molecule has 1 aromatic heterocycles. The zero-order chi connectivity index (χ0) is 21.2. The minimum Gasteiger partial charge on any atom is -0.484 e. The lowest BCUT2D eigenvalue weighted by molar-refractivity contribution is -0.123. The highest BCUT2D eigenvalue weighted by molar-refractivity contribution is 5.77. The molecule has 3 rings (SSSR count). The number of aromatic nitrogens is 1. The van der Waals surface area contributed by atoms with Crippen molar-refractivity contribution in [2.45, 2.75) is 52.0 Å². The minimum atomic E-state index is -0.174. The summed E-state index contributed by atoms with van der Waals surface area (Å²) in [5.41, 5.74) is 2.05. The second-order valence-electron chi connectivity index (χ2n) is 7.84. The topological polar surface area (TPSA) is 71.5 Å². The fraction of sp³-hybridized carbons (Fsp3) is 0.458. The van der Waals surface area contributed by atoms with Crippen LogP contribution in [0, 0.1) is 0 Å². The maximum Gasteiger partial charge on any atom is 0.258 e. The third-order valence-corrected chi connectivity index (χ3v) is 5.29. The van der Waals surface area contributed by atoms with E-state index in [1.54, 1.807) is 6.92 Å². The molecule has 2 aromatic rings. The maximum atomic E-state index is 12.1. The lowest BCUT2D eigenvalue weighted by atomic mass is 10.1. The van der Waals surface area contributed by atoms with E-state index in [2.05, 4.69) is 15.2 Å². The number of hydrogen-bond donors (Lipinski definition) is 1. The molecule has 30 heavy (non-hydrogen) atoms. The Balaban J connectivity index is 1.39. The molecular formula is C24H31N3O3. The molecule has 0 radical (unpaired) electrons. The van der Waals surface area contributed by atoms with Gasteiger partial charge in [0.2, 0.25) is 0 Å². The van der Waals surface area contributed by atoms with Crippen molar-refractivity contribution in [2.24, 2.45) is 0 Å². The van der Waals surface area contributed by atoms with Gasteiger partial charge in [-0.1, -0.05) is 31.0 Å². The predicted molar refractivity (Wildman–Crippen MR) is 118 cm³/mol. The molecular weight excluding hydrogens is 378 g/mol. The Kier molecular flexibility index (Phi) is 8.24. The van der Waals surface area contributed by atoms with Gasteiger partial charge in [-0.3, -0.25) is 4.79 Å². The molecule has 0 bridgehead atoms. The van der Waals surface area contributed by atoms with E-state index in [1.807, 2.05) is 42.6 Å². The number of ketones is 1. The summed E-state index contributed by atoms with van der Waals surface area (Å²) in [4.78, 5) is 30.1. The fourth-order valence-corrected chi connectivity index (χ4v) is 3.48. The molecule has 0 unspecified atom stereocenters. The van der Waals surface area contributed by atoms with E-state index in [-0.39, 0.29) is 18.3 Å². The first-order valence-corrected chi connectivity index (χ1v) is 10.8. The highest BCUT2D eigenvalue weighted by Crippen LogP contribution is 2.17. The summed E-state index contributed by atoms with van der Waals surface area (Å²) in [6.07, 6.45) is 8.14. The Morgan fingerprint density at radius 3 is 2.33 bits per heavy atom. The number of carbonyl (C=O) groups excluding carboxylic acids is 2. The van der Waals surface area contributed by atoms with Gasteiger partial charge in [-0.25, -0.2) is 4.98 Å². The van der Waals surface area contributed by atoms with Crippen LogP contribution >= 0.6 is 0 Å². The average molecular weight is 410 g/mol. The second kappa shape index (κ2) is 11.3. The third kappa shape index (κ3) is 7.17. The van der Waals surface area contributed by atoms with Gasteiger partial charge in [-0.05, 0) is 55.5 Å². The first-order valence-electron chi connectivity index (χ1n) is 10.8. The number of anilines is 1. The van der Waals surface area contributed by atoms with Gasteiger partial charge in [0.05, 0.1) is 0 Å². The Morgan fingerprint density at radius 1 is 1.00 bits per heavy atom. The first-order chi connectivity index (χ1) is 14.6. The van der Waals surface area contributed by atoms with Crippen molar-refractivity contribution in [2.75, 3.05) is 24.6 Å². The number of benzene rings is 1. The van der Waals surface area contributed by atoms with Crippen LogP contribution in [0.2, 0.25) is 0 Å². The number of hydrogen-bond acceptors (Lipinski definition) is 5. The van der Waals surface area contributed by atoms with Gasteiger partial charge >= 0.3 is 0 Å². The van der Waals surface area contributed by atoms with Gasteiger partial charge in [0.25, 0.3) is 5.91 Å². The lowest BCUT2D eigenvalue weighted by Gasteiger charge is -2.21. The van der Waals surface area contributed by atoms with Crippen molar-refractivity contribution in [3.8, 4) is 5.75 Å². The van der Waals surface area contributed by atoms with Crippen molar-refractivity contribution in [1.29, 1.82) is 0 Å². The number of carbonyl (C=O) groups is 2. The SMILES string of the molecule is CC(=O)CCc1ccc(OCC(=O)NCc2ccc(N3CCCCCC3)nc2)cc1. The van der Waals surface area contributed by atoms with Crippen LogP contribution in [-0.4, -0.2) is 36.4 Å². The van der Waals surface area contributed by atoms with Gasteiger partial charge < -0.3 is 19.7 Å². The Morgan fingerprint density at radius 2 is 1.70 bits per heavy atom. The summed E-state index contributed by atoms with van der Waals surface area (Å²) in [5, 5.41) is 2.87. The molecule has 1 aromatic carbocycles. The van der Waals surface area contributed by atoms with Gasteiger partial charge in [-0.2, -0.15) is 0 Å². The van der Waals surface area contributed by atoms with Crippen LogP contribution in [-0.2, 0) is 22.6 Å². The number of nitrogens with zero attached hydrogens (tertiary/aromatic N) is 2. The standard InChI is InChI=1S/C24H31N3O3/c1-19(28)6-7-20-8-11-22(12-9-20)30-18-24(29)26-17-21-10-13-23(25-16-21)27-14-4-2-3-5-15-27/h8-13,16H,2-7,14-15,17-18H2,1H3,(H,26,29). The average Bonchev–Trinajstić information content (AvgIpc) is 3.05. The molecule has 1 fully saturated rings. The number of Topliss-reactive ketones (excluding diaryl/α,β-unsaturated/α-hetero) is 1. The smallest absolute Gasteiger partial charge is 0.258 e. The highest BCUT2D eigenvalue weighted by atomic mass is 16.5. The fourth-order valence-electron chi connectivity index (χ4n) is 3.48. The summed E-state index contributed by atoms with van der Waals surface area (Å²) in [7, 11) is 0. The Labute approximate surface area is 178 Å². The summed E-state index contributed by atoms with van der Waals surface area (Å²) in [6.45, 7) is 4.12. The van der Waals surface area contributed by atoms with E-state index >= 15 is 0 Å². The van der Waals surface area contributed by atoms with Crippen LogP contribution in [0.3, 0.4) is 0 Å². The third-order valence-electron chi connectivity index (χ3n) is 5.29. The number of ether oxygens (including phenoxy) is 1. The monoisotopic (exact) mass is 409 g/mol. The summed E-state index contributed by atoms with van der Waals surface area (Å²) >= 11 is 0. The quantitative estimate of drug-likeness (QED) is 0.684. The van der Waals surface area contributed by atoms with Crippen LogP contribution in [0.1, 0.15) is 50.2 Å². The lowest BCUT2D eigenvalue weighted by Crippen LogP contribution is -2.28. The van der Waals surface area contributed by atoms with E-state index in [9.17, 15) is 9.59 Å². The number of nitrogens with one attached hydrogen (secondary N) is 1. The second-order valence-corrected chi connectivity index (χ2v) is 7.84. The van der Waals surface area contributed by atoms with E-state index in [1.165, 1.54) is 25.7 Å². The van der Waals surface area contributed by atoms with Crippen molar-refractivity contribution in [3.05, 3.63) is 53.7 Å². The van der Waals surface area contributed by atoms with Gasteiger partial charge in [0.15, 0.2) is 6.61 Å². The maximum absolute atomic E-state index is 12.1. The molecule has 1 aliphatic heterocycles. The van der Waals surface area contributed by atoms with Crippen molar-refractivity contribution < 1.29 is 14.3 Å². The Bertz CT molecular complexity index is 811. The first kappa shape index (κ1) is 21.8. The molecule has 1 amide bonds. The van der Waals surface area contributed by atoms with E-state index < -0.39 is 0 Å². The van der Waals surface area contributed by atoms with Crippen LogP contribution < -0.4 is 15.0 Å². The molecule has 6 heteroatoms. The van der Waals surface area contributed by atoms with Crippen LogP contribution in [0.4, 0.5) is 5.82 Å². The molecule has 6 nitrogen and oxygen atoms in total. The molecule has 1 aliphatic rings.